The third-order valence-electron chi connectivity index (χ3n) is 2.51. The van der Waals surface area contributed by atoms with Crippen molar-refractivity contribution in [1.29, 1.82) is 0 Å². The second-order valence-corrected chi connectivity index (χ2v) is 3.79. The number of hydrogen-bond donors (Lipinski definition) is 2. The molecule has 1 aromatic heterocycles. The first-order valence-corrected chi connectivity index (χ1v) is 5.50. The minimum Gasteiger partial charge on any atom is -0.321 e. The average Bonchev–Trinajstić information content (AvgIpc) is 2.79. The Kier molecular flexibility index (Phi) is 3.31. The topological polar surface area (TPSA) is 67.6 Å². The van der Waals surface area contributed by atoms with E-state index in [9.17, 15) is 0 Å². The van der Waals surface area contributed by atoms with Gasteiger partial charge in [-0.05, 0) is 12.0 Å². The second-order valence-electron chi connectivity index (χ2n) is 3.79. The van der Waals surface area contributed by atoms with Crippen LogP contribution in [-0.4, -0.2) is 15.2 Å². The molecule has 0 saturated carbocycles. The third kappa shape index (κ3) is 2.46. The zero-order chi connectivity index (χ0) is 11.4. The molecule has 1 aromatic carbocycles. The quantitative estimate of drug-likeness (QED) is 0.815. The summed E-state index contributed by atoms with van der Waals surface area (Å²) in [7, 11) is 0. The molecule has 0 amide bonds. The Morgan fingerprint density at radius 3 is 2.69 bits per heavy atom. The molecule has 4 nitrogen and oxygen atoms in total. The van der Waals surface area contributed by atoms with Gasteiger partial charge >= 0.3 is 0 Å². The lowest BCUT2D eigenvalue weighted by Gasteiger charge is -2.06. The molecule has 0 aliphatic carbocycles. The Bertz CT molecular complexity index is 435. The van der Waals surface area contributed by atoms with Gasteiger partial charge in [-0.3, -0.25) is 5.10 Å². The van der Waals surface area contributed by atoms with Gasteiger partial charge in [0.1, 0.15) is 5.82 Å². The van der Waals surface area contributed by atoms with Crippen molar-refractivity contribution >= 4 is 0 Å². The van der Waals surface area contributed by atoms with Crippen LogP contribution in [0.5, 0.6) is 0 Å². The van der Waals surface area contributed by atoms with Crippen molar-refractivity contribution in [2.45, 2.75) is 25.8 Å². The van der Waals surface area contributed by atoms with Crippen LogP contribution in [-0.2, 0) is 12.8 Å². The lowest BCUT2D eigenvalue weighted by Crippen LogP contribution is -2.15. The van der Waals surface area contributed by atoms with Crippen LogP contribution in [0.2, 0.25) is 0 Å². The number of nitrogens with zero attached hydrogens (tertiary/aromatic N) is 2. The minimum absolute atomic E-state index is 0.140. The zero-order valence-corrected chi connectivity index (χ0v) is 9.35. The molecule has 0 unspecified atom stereocenters. The summed E-state index contributed by atoms with van der Waals surface area (Å²) in [6, 6.07) is 10.0. The predicted molar refractivity (Wildman–Crippen MR) is 62.8 cm³/mol. The van der Waals surface area contributed by atoms with Gasteiger partial charge in [-0.2, -0.15) is 5.10 Å². The summed E-state index contributed by atoms with van der Waals surface area (Å²) in [6.45, 7) is 2.03. The molecule has 2 aromatic rings. The molecule has 0 spiro atoms. The molecule has 1 heterocycles. The monoisotopic (exact) mass is 216 g/mol. The Hall–Kier alpha value is -1.68. The molecule has 0 radical (unpaired) electrons. The molecular weight excluding hydrogens is 200 g/mol. The summed E-state index contributed by atoms with van der Waals surface area (Å²) in [5.74, 6) is 1.58. The molecule has 1 atom stereocenters. The zero-order valence-electron chi connectivity index (χ0n) is 9.35. The van der Waals surface area contributed by atoms with Crippen LogP contribution in [0.4, 0.5) is 0 Å². The highest BCUT2D eigenvalue weighted by atomic mass is 15.2. The fourth-order valence-electron chi connectivity index (χ4n) is 1.59. The van der Waals surface area contributed by atoms with E-state index in [0.717, 1.165) is 18.7 Å². The number of nitrogens with two attached hydrogens (primary N) is 1. The largest absolute Gasteiger partial charge is 0.321 e. The SMILES string of the molecule is CCc1nc([C@@H](N)Cc2ccccc2)n[nH]1. The molecule has 2 rings (SSSR count). The van der Waals surface area contributed by atoms with E-state index in [1.54, 1.807) is 0 Å². The van der Waals surface area contributed by atoms with E-state index in [2.05, 4.69) is 27.3 Å². The number of nitrogens with one attached hydrogen (secondary N) is 1. The van der Waals surface area contributed by atoms with Crippen molar-refractivity contribution in [2.24, 2.45) is 5.73 Å². The molecule has 3 N–H and O–H groups in total. The van der Waals surface area contributed by atoms with Crippen molar-refractivity contribution < 1.29 is 0 Å². The summed E-state index contributed by atoms with van der Waals surface area (Å²) in [5.41, 5.74) is 7.26. The van der Waals surface area contributed by atoms with E-state index in [0.29, 0.717) is 5.82 Å². The van der Waals surface area contributed by atoms with Gasteiger partial charge in [0, 0.05) is 6.42 Å². The lowest BCUT2D eigenvalue weighted by molar-refractivity contribution is 0.670. The second kappa shape index (κ2) is 4.90. The van der Waals surface area contributed by atoms with Gasteiger partial charge in [0.2, 0.25) is 0 Å². The van der Waals surface area contributed by atoms with Gasteiger partial charge in [0.25, 0.3) is 0 Å². The number of aromatic nitrogens is 3. The molecule has 4 heteroatoms. The normalized spacial score (nSPS) is 12.6. The molecule has 0 bridgehead atoms. The van der Waals surface area contributed by atoms with Crippen LogP contribution in [0.15, 0.2) is 30.3 Å². The standard InChI is InChI=1S/C12H16N4/c1-2-11-14-12(16-15-11)10(13)8-9-6-4-3-5-7-9/h3-7,10H,2,8,13H2,1H3,(H,14,15,16)/t10-/m0/s1. The number of H-pyrrole nitrogens is 1. The van der Waals surface area contributed by atoms with Gasteiger partial charge in [0.15, 0.2) is 5.82 Å². The highest BCUT2D eigenvalue weighted by molar-refractivity contribution is 5.17. The molecule has 0 aliphatic heterocycles. The molecular formula is C12H16N4. The number of benzene rings is 1. The van der Waals surface area contributed by atoms with E-state index in [4.69, 9.17) is 5.73 Å². The maximum absolute atomic E-state index is 6.05. The van der Waals surface area contributed by atoms with Gasteiger partial charge in [0.05, 0.1) is 6.04 Å². The Labute approximate surface area is 94.9 Å². The number of aromatic amines is 1. The highest BCUT2D eigenvalue weighted by Gasteiger charge is 2.12. The number of hydrogen-bond acceptors (Lipinski definition) is 3. The van der Waals surface area contributed by atoms with Crippen LogP contribution in [0.3, 0.4) is 0 Å². The van der Waals surface area contributed by atoms with Crippen molar-refractivity contribution in [1.82, 2.24) is 15.2 Å². The first kappa shape index (κ1) is 10.8. The predicted octanol–water partition coefficient (Wildman–Crippen LogP) is 1.61. The van der Waals surface area contributed by atoms with Crippen molar-refractivity contribution in [3.63, 3.8) is 0 Å². The van der Waals surface area contributed by atoms with E-state index in [1.165, 1.54) is 5.56 Å². The van der Waals surface area contributed by atoms with E-state index in [1.807, 2.05) is 25.1 Å². The lowest BCUT2D eigenvalue weighted by atomic mass is 10.1. The summed E-state index contributed by atoms with van der Waals surface area (Å²) >= 11 is 0. The fraction of sp³-hybridized carbons (Fsp3) is 0.333. The summed E-state index contributed by atoms with van der Waals surface area (Å²) in [6.07, 6.45) is 1.62. The van der Waals surface area contributed by atoms with Crippen molar-refractivity contribution in [2.75, 3.05) is 0 Å². The Morgan fingerprint density at radius 2 is 2.06 bits per heavy atom. The molecule has 0 aliphatic rings. The van der Waals surface area contributed by atoms with Gasteiger partial charge in [-0.1, -0.05) is 37.3 Å². The van der Waals surface area contributed by atoms with Gasteiger partial charge in [-0.25, -0.2) is 4.98 Å². The van der Waals surface area contributed by atoms with Crippen molar-refractivity contribution in [3.05, 3.63) is 47.5 Å². The first-order valence-electron chi connectivity index (χ1n) is 5.50. The van der Waals surface area contributed by atoms with Crippen LogP contribution in [0, 0.1) is 0 Å². The van der Waals surface area contributed by atoms with E-state index >= 15 is 0 Å². The maximum atomic E-state index is 6.05. The van der Waals surface area contributed by atoms with E-state index in [-0.39, 0.29) is 6.04 Å². The van der Waals surface area contributed by atoms with E-state index < -0.39 is 0 Å². The minimum atomic E-state index is -0.140. The molecule has 84 valence electrons. The Morgan fingerprint density at radius 1 is 1.31 bits per heavy atom. The fourth-order valence-corrected chi connectivity index (χ4v) is 1.59. The average molecular weight is 216 g/mol. The molecule has 0 saturated heterocycles. The number of aryl methyl sites for hydroxylation is 1. The summed E-state index contributed by atoms with van der Waals surface area (Å²) in [5, 5.41) is 7.00. The summed E-state index contributed by atoms with van der Waals surface area (Å²) < 4.78 is 0. The van der Waals surface area contributed by atoms with Crippen LogP contribution >= 0.6 is 0 Å². The first-order chi connectivity index (χ1) is 7.79. The molecule has 0 fully saturated rings. The van der Waals surface area contributed by atoms with Gasteiger partial charge in [-0.15, -0.1) is 0 Å². The highest BCUT2D eigenvalue weighted by Crippen LogP contribution is 2.12. The molecule has 16 heavy (non-hydrogen) atoms. The third-order valence-corrected chi connectivity index (χ3v) is 2.51. The maximum Gasteiger partial charge on any atom is 0.167 e. The van der Waals surface area contributed by atoms with Crippen molar-refractivity contribution in [3.8, 4) is 0 Å². The van der Waals surface area contributed by atoms with Crippen LogP contribution in [0.25, 0.3) is 0 Å². The van der Waals surface area contributed by atoms with Gasteiger partial charge < -0.3 is 5.73 Å². The Balaban J connectivity index is 2.05. The summed E-state index contributed by atoms with van der Waals surface area (Å²) in [4.78, 5) is 4.33. The number of rotatable bonds is 4. The smallest absolute Gasteiger partial charge is 0.167 e. The van der Waals surface area contributed by atoms with Crippen LogP contribution in [0.1, 0.15) is 30.2 Å². The van der Waals surface area contributed by atoms with Crippen LogP contribution < -0.4 is 5.73 Å².